The van der Waals surface area contributed by atoms with E-state index in [-0.39, 0.29) is 54.9 Å². The van der Waals surface area contributed by atoms with Crippen molar-refractivity contribution < 1.29 is 19.2 Å². The summed E-state index contributed by atoms with van der Waals surface area (Å²) in [4.78, 5) is 25.4. The van der Waals surface area contributed by atoms with Crippen LogP contribution in [-0.4, -0.2) is 48.7 Å². The van der Waals surface area contributed by atoms with Gasteiger partial charge in [0.05, 0.1) is 17.5 Å². The second-order valence-corrected chi connectivity index (χ2v) is 7.23. The number of benzene rings is 2. The Morgan fingerprint density at radius 2 is 1.90 bits per heavy atom. The number of rotatable bonds is 6. The molecule has 2 atom stereocenters. The van der Waals surface area contributed by atoms with Crippen molar-refractivity contribution >= 4 is 29.7 Å². The van der Waals surface area contributed by atoms with E-state index in [1.165, 1.54) is 17.7 Å². The van der Waals surface area contributed by atoms with Gasteiger partial charge in [-0.2, -0.15) is 0 Å². The Balaban J connectivity index is 0.00000256. The van der Waals surface area contributed by atoms with Gasteiger partial charge in [0.2, 0.25) is 12.7 Å². The first-order chi connectivity index (χ1) is 14.0. The molecule has 2 aromatic carbocycles. The van der Waals surface area contributed by atoms with E-state index in [0.717, 1.165) is 0 Å². The molecule has 2 aromatic rings. The van der Waals surface area contributed by atoms with Crippen molar-refractivity contribution in [2.45, 2.75) is 5.92 Å². The Labute approximate surface area is 179 Å². The van der Waals surface area contributed by atoms with Gasteiger partial charge < -0.3 is 20.5 Å². The minimum absolute atomic E-state index is 0. The third kappa shape index (κ3) is 4.48. The van der Waals surface area contributed by atoms with Crippen LogP contribution in [0.4, 0.5) is 11.4 Å². The fourth-order valence-corrected chi connectivity index (χ4v) is 3.98. The van der Waals surface area contributed by atoms with Gasteiger partial charge in [0, 0.05) is 25.1 Å². The summed E-state index contributed by atoms with van der Waals surface area (Å²) in [5, 5.41) is 14.0. The number of ether oxygens (including phenoxy) is 2. The van der Waals surface area contributed by atoms with Crippen LogP contribution in [0, 0.1) is 16.0 Å². The average Bonchev–Trinajstić information content (AvgIpc) is 3.33. The smallest absolute Gasteiger partial charge is 0.296 e. The van der Waals surface area contributed by atoms with Gasteiger partial charge in [-0.3, -0.25) is 19.8 Å². The lowest BCUT2D eigenvalue weighted by atomic mass is 9.89. The first kappa shape index (κ1) is 21.8. The summed E-state index contributed by atoms with van der Waals surface area (Å²) in [6, 6.07) is 12.8. The van der Waals surface area contributed by atoms with Crippen LogP contribution in [0.3, 0.4) is 0 Å². The van der Waals surface area contributed by atoms with Crippen molar-refractivity contribution in [2.75, 3.05) is 38.3 Å². The lowest BCUT2D eigenvalue weighted by Gasteiger charge is -2.16. The maximum absolute atomic E-state index is 12.6. The van der Waals surface area contributed by atoms with E-state index in [4.69, 9.17) is 15.2 Å². The molecule has 1 amide bonds. The Bertz CT molecular complexity index is 927. The molecule has 2 aliphatic heterocycles. The van der Waals surface area contributed by atoms with Gasteiger partial charge >= 0.3 is 0 Å². The van der Waals surface area contributed by atoms with Gasteiger partial charge in [0.15, 0.2) is 11.5 Å². The first-order valence-electron chi connectivity index (χ1n) is 9.40. The van der Waals surface area contributed by atoms with Gasteiger partial charge in [-0.25, -0.2) is 0 Å². The largest absolute Gasteiger partial charge is 0.454 e. The standard InChI is InChI=1S/C20H22N4O5.ClH/c21-8-14-9-23(10-15(14)13-4-2-1-3-5-13)11-20(25)22-16-6-18-19(29-12-28-18)7-17(16)24(26)27;/h1-7,14-15H,8-12,21H2,(H,22,25);1H/t14-,15+;/m1./s1. The number of nitro groups is 1. The summed E-state index contributed by atoms with van der Waals surface area (Å²) >= 11 is 0. The number of nitro benzene ring substituents is 1. The zero-order chi connectivity index (χ0) is 20.4. The lowest BCUT2D eigenvalue weighted by molar-refractivity contribution is -0.384. The molecule has 2 aliphatic rings. The van der Waals surface area contributed by atoms with Crippen LogP contribution in [0.25, 0.3) is 0 Å². The molecule has 4 rings (SSSR count). The number of hydrogen-bond donors (Lipinski definition) is 2. The predicted molar refractivity (Wildman–Crippen MR) is 113 cm³/mol. The van der Waals surface area contributed by atoms with Gasteiger partial charge in [-0.05, 0) is 18.0 Å². The fourth-order valence-electron chi connectivity index (χ4n) is 3.98. The summed E-state index contributed by atoms with van der Waals surface area (Å²) < 4.78 is 10.4. The van der Waals surface area contributed by atoms with E-state index >= 15 is 0 Å². The molecule has 0 spiro atoms. The zero-order valence-electron chi connectivity index (χ0n) is 16.2. The number of hydrogen-bond acceptors (Lipinski definition) is 7. The highest BCUT2D eigenvalue weighted by Gasteiger charge is 2.34. The molecule has 1 fully saturated rings. The van der Waals surface area contributed by atoms with Crippen molar-refractivity contribution in [1.82, 2.24) is 4.90 Å². The van der Waals surface area contributed by atoms with Crippen LogP contribution in [0.5, 0.6) is 11.5 Å². The number of fused-ring (bicyclic) bond motifs is 1. The highest BCUT2D eigenvalue weighted by Crippen LogP contribution is 2.40. The number of anilines is 1. The van der Waals surface area contributed by atoms with E-state index in [0.29, 0.717) is 31.1 Å². The van der Waals surface area contributed by atoms with Gasteiger partial charge in [0.1, 0.15) is 5.69 Å². The summed E-state index contributed by atoms with van der Waals surface area (Å²) in [5.74, 6) is 0.862. The SMILES string of the molecule is Cl.NC[C@@H]1CN(CC(=O)Nc2cc3c(cc2[N+](=O)[O-])OCO3)C[C@H]1c1ccccc1. The average molecular weight is 435 g/mol. The number of nitrogens with zero attached hydrogens (tertiary/aromatic N) is 2. The minimum atomic E-state index is -0.552. The highest BCUT2D eigenvalue weighted by atomic mass is 35.5. The molecule has 9 nitrogen and oxygen atoms in total. The number of likely N-dealkylation sites (tertiary alicyclic amines) is 1. The molecule has 0 bridgehead atoms. The van der Waals surface area contributed by atoms with E-state index in [1.807, 2.05) is 23.1 Å². The first-order valence-corrected chi connectivity index (χ1v) is 9.40. The quantitative estimate of drug-likeness (QED) is 0.528. The lowest BCUT2D eigenvalue weighted by Crippen LogP contribution is -2.32. The third-order valence-electron chi connectivity index (χ3n) is 5.38. The van der Waals surface area contributed by atoms with Crippen LogP contribution < -0.4 is 20.5 Å². The molecule has 160 valence electrons. The molecular formula is C20H23ClN4O5. The van der Waals surface area contributed by atoms with Crippen molar-refractivity contribution in [2.24, 2.45) is 11.7 Å². The number of carbonyl (C=O) groups excluding carboxylic acids is 1. The molecule has 0 unspecified atom stereocenters. The Hall–Kier alpha value is -2.88. The monoisotopic (exact) mass is 434 g/mol. The maximum Gasteiger partial charge on any atom is 0.296 e. The van der Waals surface area contributed by atoms with Gasteiger partial charge in [-0.15, -0.1) is 12.4 Å². The summed E-state index contributed by atoms with van der Waals surface area (Å²) in [6.07, 6.45) is 0. The topological polar surface area (TPSA) is 120 Å². The Morgan fingerprint density at radius 3 is 2.57 bits per heavy atom. The number of amides is 1. The van der Waals surface area contributed by atoms with Crippen molar-refractivity contribution in [3.05, 3.63) is 58.1 Å². The van der Waals surface area contributed by atoms with E-state index in [2.05, 4.69) is 17.4 Å². The second kappa shape index (κ2) is 9.29. The molecule has 0 aliphatic carbocycles. The summed E-state index contributed by atoms with van der Waals surface area (Å²) in [7, 11) is 0. The zero-order valence-corrected chi connectivity index (χ0v) is 17.0. The normalized spacial score (nSPS) is 19.9. The van der Waals surface area contributed by atoms with Gasteiger partial charge in [0.25, 0.3) is 5.69 Å². The maximum atomic E-state index is 12.6. The predicted octanol–water partition coefficient (Wildman–Crippen LogP) is 2.36. The molecule has 3 N–H and O–H groups in total. The van der Waals surface area contributed by atoms with Crippen LogP contribution in [-0.2, 0) is 4.79 Å². The molecule has 10 heteroatoms. The van der Waals surface area contributed by atoms with E-state index < -0.39 is 4.92 Å². The van der Waals surface area contributed by atoms with E-state index in [9.17, 15) is 14.9 Å². The molecule has 0 aromatic heterocycles. The molecular weight excluding hydrogens is 412 g/mol. The number of halogens is 1. The highest BCUT2D eigenvalue weighted by molar-refractivity contribution is 5.95. The van der Waals surface area contributed by atoms with Crippen LogP contribution in [0.1, 0.15) is 11.5 Å². The number of nitrogens with one attached hydrogen (secondary N) is 1. The Kier molecular flexibility index (Phi) is 6.76. The number of carbonyl (C=O) groups is 1. The van der Waals surface area contributed by atoms with Crippen LogP contribution in [0.2, 0.25) is 0 Å². The molecule has 30 heavy (non-hydrogen) atoms. The van der Waals surface area contributed by atoms with Crippen LogP contribution in [0.15, 0.2) is 42.5 Å². The number of nitrogens with two attached hydrogens (primary N) is 1. The van der Waals surface area contributed by atoms with Crippen molar-refractivity contribution in [1.29, 1.82) is 0 Å². The van der Waals surface area contributed by atoms with Crippen molar-refractivity contribution in [3.8, 4) is 11.5 Å². The van der Waals surface area contributed by atoms with E-state index in [1.54, 1.807) is 0 Å². The second-order valence-electron chi connectivity index (χ2n) is 7.23. The van der Waals surface area contributed by atoms with Crippen molar-refractivity contribution in [3.63, 3.8) is 0 Å². The Morgan fingerprint density at radius 1 is 1.20 bits per heavy atom. The minimum Gasteiger partial charge on any atom is -0.454 e. The third-order valence-corrected chi connectivity index (χ3v) is 5.38. The summed E-state index contributed by atoms with van der Waals surface area (Å²) in [5.41, 5.74) is 7.03. The fraction of sp³-hybridized carbons (Fsp3) is 0.350. The van der Waals surface area contributed by atoms with Crippen LogP contribution >= 0.6 is 12.4 Å². The molecule has 0 radical (unpaired) electrons. The van der Waals surface area contributed by atoms with Gasteiger partial charge in [-0.1, -0.05) is 30.3 Å². The molecule has 0 saturated carbocycles. The molecule has 2 heterocycles. The molecule has 1 saturated heterocycles. The summed E-state index contributed by atoms with van der Waals surface area (Å²) in [6.45, 7) is 2.07.